The number of benzene rings is 1. The van der Waals surface area contributed by atoms with Crippen molar-refractivity contribution in [3.05, 3.63) is 29.8 Å². The molecular formula is C15H17Cl2N3O2. The first kappa shape index (κ1) is 16.8. The second-order valence-corrected chi connectivity index (χ2v) is 6.60. The molecule has 2 unspecified atom stereocenters. The molecular weight excluding hydrogens is 325 g/mol. The smallest absolute Gasteiger partial charge is 0.246 e. The van der Waals surface area contributed by atoms with Crippen molar-refractivity contribution in [1.82, 2.24) is 5.43 Å². The number of halogens is 2. The maximum atomic E-state index is 11.9. The molecule has 2 N–H and O–H groups in total. The predicted octanol–water partition coefficient (Wildman–Crippen LogP) is 2.72. The van der Waals surface area contributed by atoms with Crippen LogP contribution in [0.15, 0.2) is 29.4 Å². The molecule has 1 aromatic carbocycles. The van der Waals surface area contributed by atoms with Gasteiger partial charge in [-0.15, -0.1) is 23.2 Å². The van der Waals surface area contributed by atoms with Crippen molar-refractivity contribution in [1.29, 1.82) is 0 Å². The van der Waals surface area contributed by atoms with Crippen LogP contribution < -0.4 is 10.7 Å². The van der Waals surface area contributed by atoms with Crippen molar-refractivity contribution in [2.45, 2.75) is 25.1 Å². The number of hydrazone groups is 1. The van der Waals surface area contributed by atoms with E-state index < -0.39 is 4.87 Å². The van der Waals surface area contributed by atoms with E-state index in [1.54, 1.807) is 19.1 Å². The lowest BCUT2D eigenvalue weighted by molar-refractivity contribution is -0.122. The van der Waals surface area contributed by atoms with Crippen LogP contribution in [-0.4, -0.2) is 28.3 Å². The van der Waals surface area contributed by atoms with Gasteiger partial charge < -0.3 is 5.32 Å². The lowest BCUT2D eigenvalue weighted by atomic mass is 9.94. The van der Waals surface area contributed by atoms with E-state index in [9.17, 15) is 9.59 Å². The van der Waals surface area contributed by atoms with Crippen LogP contribution in [0.2, 0.25) is 0 Å². The quantitative estimate of drug-likeness (QED) is 0.826. The minimum atomic E-state index is -1.15. The monoisotopic (exact) mass is 341 g/mol. The molecule has 0 aromatic heterocycles. The van der Waals surface area contributed by atoms with Crippen LogP contribution in [0.3, 0.4) is 0 Å². The fourth-order valence-corrected chi connectivity index (χ4v) is 2.22. The van der Waals surface area contributed by atoms with E-state index in [1.807, 2.05) is 19.1 Å². The number of rotatable bonds is 4. The standard InChI is InChI=1S/C15H17Cl2N3O2/c1-9-7-12(21)19-20-13(9)10-3-5-11(6-4-10)18-14(22)15(2,17)8-16/h3-6,9H,7-8H2,1-2H3,(H,18,22)(H,19,21). The molecule has 1 heterocycles. The van der Waals surface area contributed by atoms with Crippen molar-refractivity contribution < 1.29 is 9.59 Å². The summed E-state index contributed by atoms with van der Waals surface area (Å²) in [7, 11) is 0. The third kappa shape index (κ3) is 3.78. The van der Waals surface area contributed by atoms with Gasteiger partial charge >= 0.3 is 0 Å². The molecule has 2 atom stereocenters. The van der Waals surface area contributed by atoms with Gasteiger partial charge in [-0.2, -0.15) is 5.10 Å². The van der Waals surface area contributed by atoms with E-state index in [-0.39, 0.29) is 23.6 Å². The number of anilines is 1. The minimum Gasteiger partial charge on any atom is -0.325 e. The summed E-state index contributed by atoms with van der Waals surface area (Å²) >= 11 is 11.7. The first-order chi connectivity index (χ1) is 10.3. The number of hydrogen-bond acceptors (Lipinski definition) is 3. The van der Waals surface area contributed by atoms with Crippen LogP contribution in [0.1, 0.15) is 25.8 Å². The largest absolute Gasteiger partial charge is 0.325 e. The molecule has 0 aliphatic carbocycles. The van der Waals surface area contributed by atoms with Gasteiger partial charge in [0.2, 0.25) is 11.8 Å². The van der Waals surface area contributed by atoms with Crippen LogP contribution in [0.25, 0.3) is 0 Å². The number of hydrogen-bond donors (Lipinski definition) is 2. The van der Waals surface area contributed by atoms with E-state index in [1.165, 1.54) is 0 Å². The van der Waals surface area contributed by atoms with Gasteiger partial charge in [0.25, 0.3) is 0 Å². The Morgan fingerprint density at radius 2 is 2.09 bits per heavy atom. The van der Waals surface area contributed by atoms with Crippen molar-refractivity contribution in [3.8, 4) is 0 Å². The van der Waals surface area contributed by atoms with E-state index in [4.69, 9.17) is 23.2 Å². The lowest BCUT2D eigenvalue weighted by Crippen LogP contribution is -2.36. The molecule has 7 heteroatoms. The highest BCUT2D eigenvalue weighted by Gasteiger charge is 2.29. The molecule has 1 aliphatic rings. The summed E-state index contributed by atoms with van der Waals surface area (Å²) in [5.74, 6) is -0.362. The Morgan fingerprint density at radius 1 is 1.45 bits per heavy atom. The summed E-state index contributed by atoms with van der Waals surface area (Å²) in [6, 6.07) is 7.21. The van der Waals surface area contributed by atoms with E-state index in [2.05, 4.69) is 15.8 Å². The molecule has 0 spiro atoms. The Bertz CT molecular complexity index is 612. The summed E-state index contributed by atoms with van der Waals surface area (Å²) < 4.78 is 0. The summed E-state index contributed by atoms with van der Waals surface area (Å²) in [6.45, 7) is 3.51. The highest BCUT2D eigenvalue weighted by Crippen LogP contribution is 2.21. The van der Waals surface area contributed by atoms with Gasteiger partial charge in [0.15, 0.2) is 0 Å². The van der Waals surface area contributed by atoms with Gasteiger partial charge in [0, 0.05) is 18.0 Å². The minimum absolute atomic E-state index is 0.0203. The molecule has 118 valence electrons. The molecule has 0 fully saturated rings. The van der Waals surface area contributed by atoms with Crippen molar-refractivity contribution in [2.75, 3.05) is 11.2 Å². The highest BCUT2D eigenvalue weighted by molar-refractivity contribution is 6.40. The first-order valence-corrected chi connectivity index (χ1v) is 7.78. The van der Waals surface area contributed by atoms with Crippen LogP contribution in [0, 0.1) is 5.92 Å². The van der Waals surface area contributed by atoms with Gasteiger partial charge in [-0.05, 0) is 24.6 Å². The number of nitrogens with zero attached hydrogens (tertiary/aromatic N) is 1. The fraction of sp³-hybridized carbons (Fsp3) is 0.400. The Labute approximate surface area is 139 Å². The SMILES string of the molecule is CC1CC(=O)NN=C1c1ccc(NC(=O)C(C)(Cl)CCl)cc1. The van der Waals surface area contributed by atoms with Gasteiger partial charge in [0.05, 0.1) is 11.6 Å². The average molecular weight is 342 g/mol. The Morgan fingerprint density at radius 3 is 2.64 bits per heavy atom. The number of amides is 2. The van der Waals surface area contributed by atoms with E-state index in [0.717, 1.165) is 11.3 Å². The molecule has 0 radical (unpaired) electrons. The fourth-order valence-electron chi connectivity index (χ4n) is 2.05. The van der Waals surface area contributed by atoms with Gasteiger partial charge in [-0.3, -0.25) is 9.59 Å². The number of carbonyl (C=O) groups is 2. The second kappa shape index (κ2) is 6.67. The van der Waals surface area contributed by atoms with Crippen molar-refractivity contribution >= 4 is 46.4 Å². The number of carbonyl (C=O) groups excluding carboxylic acids is 2. The van der Waals surface area contributed by atoms with Crippen LogP contribution in [-0.2, 0) is 9.59 Å². The zero-order valence-corrected chi connectivity index (χ0v) is 13.8. The normalized spacial score (nSPS) is 20.6. The molecule has 1 aromatic rings. The maximum absolute atomic E-state index is 11.9. The second-order valence-electron chi connectivity index (χ2n) is 5.50. The predicted molar refractivity (Wildman–Crippen MR) is 88.5 cm³/mol. The Kier molecular flexibility index (Phi) is 5.08. The van der Waals surface area contributed by atoms with Crippen LogP contribution in [0.5, 0.6) is 0 Å². The van der Waals surface area contributed by atoms with Crippen LogP contribution >= 0.6 is 23.2 Å². The lowest BCUT2D eigenvalue weighted by Gasteiger charge is -2.20. The molecule has 0 saturated heterocycles. The van der Waals surface area contributed by atoms with Gasteiger partial charge in [0.1, 0.15) is 4.87 Å². The van der Waals surface area contributed by atoms with E-state index in [0.29, 0.717) is 12.1 Å². The third-order valence-electron chi connectivity index (χ3n) is 3.42. The molecule has 0 saturated carbocycles. The number of alkyl halides is 2. The van der Waals surface area contributed by atoms with Crippen LogP contribution in [0.4, 0.5) is 5.69 Å². The molecule has 0 bridgehead atoms. The van der Waals surface area contributed by atoms with Crippen molar-refractivity contribution in [3.63, 3.8) is 0 Å². The summed E-state index contributed by atoms with van der Waals surface area (Å²) in [5, 5.41) is 6.81. The molecule has 22 heavy (non-hydrogen) atoms. The molecule has 2 amide bonds. The van der Waals surface area contributed by atoms with Crippen molar-refractivity contribution in [2.24, 2.45) is 11.0 Å². The molecule has 2 rings (SSSR count). The highest BCUT2D eigenvalue weighted by atomic mass is 35.5. The number of nitrogens with one attached hydrogen (secondary N) is 2. The summed E-state index contributed by atoms with van der Waals surface area (Å²) in [5.41, 5.74) is 4.83. The topological polar surface area (TPSA) is 70.6 Å². The Hall–Kier alpha value is -1.59. The average Bonchev–Trinajstić information content (AvgIpc) is 2.48. The zero-order chi connectivity index (χ0) is 16.3. The molecule has 5 nitrogen and oxygen atoms in total. The Balaban J connectivity index is 2.11. The van der Waals surface area contributed by atoms with E-state index >= 15 is 0 Å². The van der Waals surface area contributed by atoms with Gasteiger partial charge in [-0.1, -0.05) is 19.1 Å². The summed E-state index contributed by atoms with van der Waals surface area (Å²) in [6.07, 6.45) is 0.414. The molecule has 1 aliphatic heterocycles. The zero-order valence-electron chi connectivity index (χ0n) is 12.3. The van der Waals surface area contributed by atoms with Gasteiger partial charge in [-0.25, -0.2) is 5.43 Å². The third-order valence-corrected chi connectivity index (χ3v) is 4.40. The maximum Gasteiger partial charge on any atom is 0.246 e. The first-order valence-electron chi connectivity index (χ1n) is 6.86. The summed E-state index contributed by atoms with van der Waals surface area (Å²) in [4.78, 5) is 22.1.